The van der Waals surface area contributed by atoms with Crippen LogP contribution in [0, 0.1) is 20.8 Å². The molecule has 98 valence electrons. The fourth-order valence-corrected chi connectivity index (χ4v) is 2.72. The molecular formula is C15H20O3. The number of hydrogen-bond donors (Lipinski definition) is 0. The number of carbonyl (C=O) groups is 1. The number of carbonyl (C=O) groups excluding carboxylic acids is 1. The van der Waals surface area contributed by atoms with Crippen LogP contribution in [0.4, 0.5) is 0 Å². The van der Waals surface area contributed by atoms with Crippen molar-refractivity contribution in [2.75, 3.05) is 20.3 Å². The number of Topliss-reactive ketones (excluding diaryl/α,β-unsaturated/α-hetero) is 1. The van der Waals surface area contributed by atoms with Gasteiger partial charge in [0.2, 0.25) is 0 Å². The second kappa shape index (κ2) is 4.39. The first-order valence-corrected chi connectivity index (χ1v) is 6.18. The first kappa shape index (κ1) is 13.1. The third-order valence-corrected chi connectivity index (χ3v) is 4.12. The van der Waals surface area contributed by atoms with E-state index in [0.717, 1.165) is 28.0 Å². The fraction of sp³-hybridized carbons (Fsp3) is 0.533. The molecule has 3 nitrogen and oxygen atoms in total. The third kappa shape index (κ3) is 1.65. The number of methoxy groups -OCH3 is 1. The Labute approximate surface area is 108 Å². The van der Waals surface area contributed by atoms with Crippen molar-refractivity contribution in [3.63, 3.8) is 0 Å². The monoisotopic (exact) mass is 248 g/mol. The lowest BCUT2D eigenvalue weighted by atomic mass is 9.72. The van der Waals surface area contributed by atoms with Gasteiger partial charge in [0.1, 0.15) is 16.9 Å². The third-order valence-electron chi connectivity index (χ3n) is 4.12. The maximum absolute atomic E-state index is 12.0. The molecule has 0 aliphatic carbocycles. The normalized spacial score (nSPS) is 17.2. The highest BCUT2D eigenvalue weighted by atomic mass is 16.5. The molecule has 1 heterocycles. The Hall–Kier alpha value is -1.35. The Morgan fingerprint density at radius 3 is 2.28 bits per heavy atom. The average Bonchev–Trinajstić information content (AvgIpc) is 2.23. The van der Waals surface area contributed by atoms with Gasteiger partial charge in [-0.2, -0.15) is 0 Å². The largest absolute Gasteiger partial charge is 0.496 e. The van der Waals surface area contributed by atoms with Gasteiger partial charge in [-0.3, -0.25) is 4.79 Å². The van der Waals surface area contributed by atoms with E-state index in [4.69, 9.17) is 9.47 Å². The molecule has 0 atom stereocenters. The van der Waals surface area contributed by atoms with Gasteiger partial charge in [0.15, 0.2) is 0 Å². The minimum absolute atomic E-state index is 0.181. The van der Waals surface area contributed by atoms with Crippen LogP contribution in [0.5, 0.6) is 5.75 Å². The van der Waals surface area contributed by atoms with Crippen molar-refractivity contribution in [1.82, 2.24) is 0 Å². The van der Waals surface area contributed by atoms with Gasteiger partial charge >= 0.3 is 0 Å². The molecule has 0 spiro atoms. The van der Waals surface area contributed by atoms with Crippen LogP contribution in [0.3, 0.4) is 0 Å². The summed E-state index contributed by atoms with van der Waals surface area (Å²) in [6, 6.07) is 2.07. The lowest BCUT2D eigenvalue weighted by molar-refractivity contribution is -0.140. The Morgan fingerprint density at radius 1 is 1.28 bits per heavy atom. The van der Waals surface area contributed by atoms with E-state index in [1.807, 2.05) is 13.8 Å². The van der Waals surface area contributed by atoms with E-state index in [0.29, 0.717) is 13.2 Å². The summed E-state index contributed by atoms with van der Waals surface area (Å²) in [6.45, 7) is 8.75. The average molecular weight is 248 g/mol. The van der Waals surface area contributed by atoms with Crippen molar-refractivity contribution in [2.24, 2.45) is 0 Å². The van der Waals surface area contributed by atoms with E-state index in [1.54, 1.807) is 14.0 Å². The molecule has 2 rings (SSSR count). The number of ether oxygens (including phenoxy) is 2. The van der Waals surface area contributed by atoms with Gasteiger partial charge in [0.05, 0.1) is 20.3 Å². The quantitative estimate of drug-likeness (QED) is 0.824. The predicted octanol–water partition coefficient (Wildman–Crippen LogP) is 2.48. The molecule has 0 amide bonds. The van der Waals surface area contributed by atoms with Crippen LogP contribution in [0.1, 0.15) is 29.2 Å². The number of ketones is 1. The molecule has 1 aromatic carbocycles. The Balaban J connectivity index is 2.62. The first-order valence-electron chi connectivity index (χ1n) is 6.18. The molecule has 3 heteroatoms. The number of benzene rings is 1. The molecular weight excluding hydrogens is 228 g/mol. The SMILES string of the molecule is COc1c(C)cc(C2(C(C)=O)COC2)c(C)c1C. The van der Waals surface area contributed by atoms with E-state index >= 15 is 0 Å². The summed E-state index contributed by atoms with van der Waals surface area (Å²) in [7, 11) is 1.68. The molecule has 1 saturated heterocycles. The van der Waals surface area contributed by atoms with Crippen LogP contribution in [-0.4, -0.2) is 26.1 Å². The minimum atomic E-state index is -0.439. The van der Waals surface area contributed by atoms with Crippen molar-refractivity contribution in [3.8, 4) is 5.75 Å². The summed E-state index contributed by atoms with van der Waals surface area (Å²) in [5.74, 6) is 1.09. The Morgan fingerprint density at radius 2 is 1.89 bits per heavy atom. The van der Waals surface area contributed by atoms with E-state index in [1.165, 1.54) is 0 Å². The zero-order valence-electron chi connectivity index (χ0n) is 11.7. The highest BCUT2D eigenvalue weighted by Crippen LogP contribution is 2.39. The molecule has 1 aliphatic rings. The van der Waals surface area contributed by atoms with Gasteiger partial charge in [0, 0.05) is 0 Å². The van der Waals surface area contributed by atoms with Gasteiger partial charge in [-0.15, -0.1) is 0 Å². The van der Waals surface area contributed by atoms with Crippen molar-refractivity contribution >= 4 is 5.78 Å². The van der Waals surface area contributed by atoms with Crippen molar-refractivity contribution in [3.05, 3.63) is 28.3 Å². The van der Waals surface area contributed by atoms with E-state index in [9.17, 15) is 4.79 Å². The smallest absolute Gasteiger partial charge is 0.145 e. The van der Waals surface area contributed by atoms with Gasteiger partial charge in [-0.1, -0.05) is 6.07 Å². The Kier molecular flexibility index (Phi) is 3.20. The van der Waals surface area contributed by atoms with Gasteiger partial charge in [-0.25, -0.2) is 0 Å². The van der Waals surface area contributed by atoms with Crippen LogP contribution in [0.25, 0.3) is 0 Å². The van der Waals surface area contributed by atoms with Crippen LogP contribution < -0.4 is 4.74 Å². The van der Waals surface area contributed by atoms with Gasteiger partial charge in [0.25, 0.3) is 0 Å². The maximum atomic E-state index is 12.0. The van der Waals surface area contributed by atoms with Crippen molar-refractivity contribution in [1.29, 1.82) is 0 Å². The zero-order chi connectivity index (χ0) is 13.5. The van der Waals surface area contributed by atoms with Gasteiger partial charge in [-0.05, 0) is 49.9 Å². The highest BCUT2D eigenvalue weighted by Gasteiger charge is 2.46. The number of aryl methyl sites for hydroxylation is 1. The second-order valence-electron chi connectivity index (χ2n) is 5.16. The molecule has 0 unspecified atom stereocenters. The molecule has 1 fully saturated rings. The molecule has 1 aromatic rings. The predicted molar refractivity (Wildman–Crippen MR) is 70.4 cm³/mol. The molecule has 18 heavy (non-hydrogen) atoms. The second-order valence-corrected chi connectivity index (χ2v) is 5.16. The molecule has 0 N–H and O–H groups in total. The van der Waals surface area contributed by atoms with Gasteiger partial charge < -0.3 is 9.47 Å². The van der Waals surface area contributed by atoms with E-state index in [-0.39, 0.29) is 5.78 Å². The number of hydrogen-bond acceptors (Lipinski definition) is 3. The zero-order valence-corrected chi connectivity index (χ0v) is 11.7. The number of rotatable bonds is 3. The van der Waals surface area contributed by atoms with Crippen LogP contribution in [-0.2, 0) is 14.9 Å². The van der Waals surface area contributed by atoms with Crippen molar-refractivity contribution in [2.45, 2.75) is 33.1 Å². The molecule has 0 aromatic heterocycles. The summed E-state index contributed by atoms with van der Waals surface area (Å²) >= 11 is 0. The fourth-order valence-electron chi connectivity index (χ4n) is 2.72. The lowest BCUT2D eigenvalue weighted by Gasteiger charge is -2.41. The van der Waals surface area contributed by atoms with E-state index in [2.05, 4.69) is 13.0 Å². The maximum Gasteiger partial charge on any atom is 0.145 e. The standard InChI is InChI=1S/C15H20O3/c1-9-6-13(10(2)11(3)14(9)17-5)15(12(4)16)7-18-8-15/h6H,7-8H2,1-5H3. The first-order chi connectivity index (χ1) is 8.44. The Bertz CT molecular complexity index is 499. The van der Waals surface area contributed by atoms with Crippen LogP contribution in [0.15, 0.2) is 6.07 Å². The summed E-state index contributed by atoms with van der Waals surface area (Å²) in [5.41, 5.74) is 3.97. The topological polar surface area (TPSA) is 35.5 Å². The molecule has 0 bridgehead atoms. The van der Waals surface area contributed by atoms with Crippen LogP contribution in [0.2, 0.25) is 0 Å². The minimum Gasteiger partial charge on any atom is -0.496 e. The van der Waals surface area contributed by atoms with Crippen LogP contribution >= 0.6 is 0 Å². The lowest BCUT2D eigenvalue weighted by Crippen LogP contribution is -2.52. The highest BCUT2D eigenvalue weighted by molar-refractivity contribution is 5.90. The van der Waals surface area contributed by atoms with E-state index < -0.39 is 5.41 Å². The molecule has 0 radical (unpaired) electrons. The summed E-state index contributed by atoms with van der Waals surface area (Å²) in [6.07, 6.45) is 0. The summed E-state index contributed by atoms with van der Waals surface area (Å²) in [5, 5.41) is 0. The summed E-state index contributed by atoms with van der Waals surface area (Å²) < 4.78 is 10.7. The van der Waals surface area contributed by atoms with Crippen molar-refractivity contribution < 1.29 is 14.3 Å². The summed E-state index contributed by atoms with van der Waals surface area (Å²) in [4.78, 5) is 12.0. The molecule has 1 aliphatic heterocycles. The molecule has 0 saturated carbocycles.